The van der Waals surface area contributed by atoms with Crippen LogP contribution >= 0.6 is 0 Å². The third-order valence-electron chi connectivity index (χ3n) is 8.17. The first-order chi connectivity index (χ1) is 19.8. The van der Waals surface area contributed by atoms with Crippen molar-refractivity contribution >= 4 is 10.4 Å². The van der Waals surface area contributed by atoms with Crippen LogP contribution in [0.25, 0.3) is 0 Å². The van der Waals surface area contributed by atoms with Crippen LogP contribution in [0, 0.1) is 0 Å². The molecule has 41 heavy (non-hydrogen) atoms. The van der Waals surface area contributed by atoms with E-state index in [0.717, 1.165) is 24.8 Å². The molecular formula is C35H67NO4S. The van der Waals surface area contributed by atoms with Crippen molar-refractivity contribution in [3.05, 3.63) is 35.9 Å². The van der Waals surface area contributed by atoms with Gasteiger partial charge >= 0.3 is 0 Å². The summed E-state index contributed by atoms with van der Waals surface area (Å²) >= 11 is 0. The summed E-state index contributed by atoms with van der Waals surface area (Å²) in [4.78, 5) is 0. The Bertz CT molecular complexity index is 747. The molecule has 0 aromatic heterocycles. The van der Waals surface area contributed by atoms with Crippen LogP contribution < -0.4 is 0 Å². The Morgan fingerprint density at radius 3 is 1.32 bits per heavy atom. The second-order valence-corrected chi connectivity index (χ2v) is 13.0. The Labute approximate surface area is 256 Å². The lowest BCUT2D eigenvalue weighted by molar-refractivity contribution is -0.929. The highest BCUT2D eigenvalue weighted by Gasteiger charge is 2.24. The van der Waals surface area contributed by atoms with Gasteiger partial charge in [-0.3, -0.25) is 4.18 Å². The molecule has 0 radical (unpaired) electrons. The molecular weight excluding hydrogens is 530 g/mol. The van der Waals surface area contributed by atoms with Crippen LogP contribution in [0.3, 0.4) is 0 Å². The number of hydrogen-bond donors (Lipinski definition) is 0. The molecule has 0 aliphatic heterocycles. The largest absolute Gasteiger partial charge is 0.726 e. The minimum atomic E-state index is -4.68. The van der Waals surface area contributed by atoms with Gasteiger partial charge in [0.2, 0.25) is 10.4 Å². The van der Waals surface area contributed by atoms with Crippen molar-refractivity contribution in [1.29, 1.82) is 0 Å². The first kappa shape index (κ1) is 40.1. The van der Waals surface area contributed by atoms with Crippen molar-refractivity contribution in [3.8, 4) is 0 Å². The van der Waals surface area contributed by atoms with Gasteiger partial charge in [-0.25, -0.2) is 8.42 Å². The molecule has 1 aromatic carbocycles. The predicted octanol–water partition coefficient (Wildman–Crippen LogP) is 10.5. The highest BCUT2D eigenvalue weighted by molar-refractivity contribution is 7.80. The van der Waals surface area contributed by atoms with E-state index >= 15 is 0 Å². The average molecular weight is 598 g/mol. The van der Waals surface area contributed by atoms with Crippen molar-refractivity contribution in [2.24, 2.45) is 0 Å². The van der Waals surface area contributed by atoms with E-state index in [1.54, 1.807) is 12.1 Å². The molecule has 1 rings (SSSR count). The van der Waals surface area contributed by atoms with E-state index in [2.05, 4.69) is 34.6 Å². The van der Waals surface area contributed by atoms with Crippen molar-refractivity contribution in [2.45, 2.75) is 163 Å². The maximum Gasteiger partial charge on any atom is 0.218 e. The topological polar surface area (TPSA) is 66.4 Å². The Morgan fingerprint density at radius 1 is 0.585 bits per heavy atom. The number of rotatable bonds is 26. The molecule has 0 saturated heterocycles. The molecule has 0 aliphatic carbocycles. The molecule has 5 nitrogen and oxygen atoms in total. The SMILES string of the molecule is CCCCCCCCCCCCC(OS(=O)(=O)[O-])c1ccccc1.CCCC[N+](CCCC)(CCCC)CCCC. The van der Waals surface area contributed by atoms with Crippen LogP contribution in [0.15, 0.2) is 30.3 Å². The number of quaternary nitrogens is 1. The van der Waals surface area contributed by atoms with Crippen molar-refractivity contribution in [3.63, 3.8) is 0 Å². The number of nitrogens with zero attached hydrogens (tertiary/aromatic N) is 1. The zero-order valence-corrected chi connectivity index (χ0v) is 28.5. The minimum absolute atomic E-state index is 0.558. The smallest absolute Gasteiger partial charge is 0.218 e. The van der Waals surface area contributed by atoms with Gasteiger partial charge in [0.1, 0.15) is 6.10 Å². The first-order valence-electron chi connectivity index (χ1n) is 17.3. The van der Waals surface area contributed by atoms with Crippen molar-refractivity contribution in [2.75, 3.05) is 26.2 Å². The van der Waals surface area contributed by atoms with Crippen LogP contribution in [0.4, 0.5) is 0 Å². The Kier molecular flexibility index (Phi) is 26.0. The third kappa shape index (κ3) is 23.2. The molecule has 0 spiro atoms. The molecule has 6 heteroatoms. The lowest BCUT2D eigenvalue weighted by Gasteiger charge is -2.39. The predicted molar refractivity (Wildman–Crippen MR) is 176 cm³/mol. The Balaban J connectivity index is 0.000000831. The fraction of sp³-hybridized carbons (Fsp3) is 0.829. The molecule has 0 bridgehead atoms. The maximum atomic E-state index is 10.9. The minimum Gasteiger partial charge on any atom is -0.726 e. The second kappa shape index (κ2) is 26.7. The number of hydrogen-bond acceptors (Lipinski definition) is 4. The molecule has 0 aliphatic rings. The van der Waals surface area contributed by atoms with Gasteiger partial charge in [-0.2, -0.15) is 0 Å². The summed E-state index contributed by atoms with van der Waals surface area (Å²) in [5.41, 5.74) is 0.743. The van der Waals surface area contributed by atoms with Crippen LogP contribution in [0.2, 0.25) is 0 Å². The molecule has 0 fully saturated rings. The molecule has 242 valence electrons. The highest BCUT2D eigenvalue weighted by atomic mass is 32.3. The summed E-state index contributed by atoms with van der Waals surface area (Å²) in [6, 6.07) is 9.09. The van der Waals surface area contributed by atoms with E-state index in [1.807, 2.05) is 18.2 Å². The van der Waals surface area contributed by atoms with Gasteiger partial charge in [0.15, 0.2) is 0 Å². The van der Waals surface area contributed by atoms with Gasteiger partial charge in [0.25, 0.3) is 0 Å². The fourth-order valence-electron chi connectivity index (χ4n) is 5.54. The second-order valence-electron chi connectivity index (χ2n) is 12.0. The van der Waals surface area contributed by atoms with Crippen LogP contribution in [-0.2, 0) is 14.6 Å². The maximum absolute atomic E-state index is 10.9. The Morgan fingerprint density at radius 2 is 0.951 bits per heavy atom. The van der Waals surface area contributed by atoms with E-state index in [0.29, 0.717) is 6.42 Å². The standard InChI is InChI=1S/C19H32O4S.C16H36N/c1-2-3-4-5-6-7-8-9-10-14-17-19(23-24(20,21)22)18-15-12-11-13-16-18;1-5-9-13-17(14-10-6-2,15-11-7-3)16-12-8-4/h11-13,15-16,19H,2-10,14,17H2,1H3,(H,20,21,22);5-16H2,1-4H3/q;+1/p-1. The zero-order chi connectivity index (χ0) is 30.7. The van der Waals surface area contributed by atoms with Crippen molar-refractivity contribution in [1.82, 2.24) is 0 Å². The molecule has 0 N–H and O–H groups in total. The quantitative estimate of drug-likeness (QED) is 0.0461. The summed E-state index contributed by atoms with van der Waals surface area (Å²) in [7, 11) is -4.68. The first-order valence-corrected chi connectivity index (χ1v) is 18.6. The normalized spacial score (nSPS) is 12.6. The molecule has 1 unspecified atom stereocenters. The zero-order valence-electron chi connectivity index (χ0n) is 27.7. The molecule has 1 atom stereocenters. The third-order valence-corrected chi connectivity index (χ3v) is 8.64. The van der Waals surface area contributed by atoms with E-state index in [9.17, 15) is 13.0 Å². The molecule has 0 heterocycles. The highest BCUT2D eigenvalue weighted by Crippen LogP contribution is 2.26. The van der Waals surface area contributed by atoms with E-state index in [4.69, 9.17) is 4.18 Å². The van der Waals surface area contributed by atoms with Crippen LogP contribution in [0.5, 0.6) is 0 Å². The molecule has 1 aromatic rings. The molecule has 0 saturated carbocycles. The molecule has 0 amide bonds. The van der Waals surface area contributed by atoms with Gasteiger partial charge in [-0.05, 0) is 37.7 Å². The summed E-state index contributed by atoms with van der Waals surface area (Å²) in [6.07, 6.45) is 23.1. The van der Waals surface area contributed by atoms with Gasteiger partial charge in [-0.15, -0.1) is 0 Å². The monoisotopic (exact) mass is 597 g/mol. The van der Waals surface area contributed by atoms with E-state index in [1.165, 1.54) is 127 Å². The van der Waals surface area contributed by atoms with Gasteiger partial charge in [0, 0.05) is 0 Å². The fourth-order valence-corrected chi connectivity index (χ4v) is 6.03. The van der Waals surface area contributed by atoms with Gasteiger partial charge < -0.3 is 9.04 Å². The summed E-state index contributed by atoms with van der Waals surface area (Å²) in [6.45, 7) is 17.2. The lowest BCUT2D eigenvalue weighted by Crippen LogP contribution is -2.50. The summed E-state index contributed by atoms with van der Waals surface area (Å²) in [5, 5.41) is 0. The number of benzene rings is 1. The number of unbranched alkanes of at least 4 members (excludes halogenated alkanes) is 13. The van der Waals surface area contributed by atoms with Crippen molar-refractivity contribution < 1.29 is 21.6 Å². The summed E-state index contributed by atoms with van der Waals surface area (Å²) in [5.74, 6) is 0. The van der Waals surface area contributed by atoms with Crippen LogP contribution in [-0.4, -0.2) is 43.6 Å². The Hall–Kier alpha value is -0.950. The van der Waals surface area contributed by atoms with Gasteiger partial charge in [-0.1, -0.05) is 155 Å². The lowest BCUT2D eigenvalue weighted by atomic mass is 10.0. The van der Waals surface area contributed by atoms with E-state index in [-0.39, 0.29) is 0 Å². The average Bonchev–Trinajstić information content (AvgIpc) is 2.97. The summed E-state index contributed by atoms with van der Waals surface area (Å²) < 4.78 is 38.9. The van der Waals surface area contributed by atoms with Crippen LogP contribution in [0.1, 0.15) is 168 Å². The van der Waals surface area contributed by atoms with E-state index < -0.39 is 16.5 Å². The van der Waals surface area contributed by atoms with Gasteiger partial charge in [0.05, 0.1) is 26.2 Å².